The van der Waals surface area contributed by atoms with Crippen LogP contribution in [0, 0.1) is 12.3 Å². The Morgan fingerprint density at radius 1 is 1.23 bits per heavy atom. The third kappa shape index (κ3) is 4.48. The number of piperidine rings is 1. The van der Waals surface area contributed by atoms with E-state index in [1.54, 1.807) is 16.2 Å². The van der Waals surface area contributed by atoms with Crippen molar-refractivity contribution in [2.75, 3.05) is 19.7 Å². The quantitative estimate of drug-likeness (QED) is 0.604. The van der Waals surface area contributed by atoms with Crippen LogP contribution in [0.15, 0.2) is 35.0 Å². The first-order valence-electron chi connectivity index (χ1n) is 9.69. The number of rotatable bonds is 5. The van der Waals surface area contributed by atoms with Gasteiger partial charge in [0.2, 0.25) is 0 Å². The lowest BCUT2D eigenvalue weighted by atomic mass is 9.98. The number of fused-ring (bicyclic) bond motifs is 1. The smallest absolute Gasteiger partial charge is 0.410 e. The molecular formula is C22H21N3O3S2. The molecule has 1 fully saturated rings. The Morgan fingerprint density at radius 3 is 2.83 bits per heavy atom. The van der Waals surface area contributed by atoms with Crippen LogP contribution < -0.4 is 5.32 Å². The third-order valence-corrected chi connectivity index (χ3v) is 7.16. The summed E-state index contributed by atoms with van der Waals surface area (Å²) in [5.74, 6) is 2.38. The van der Waals surface area contributed by atoms with Crippen LogP contribution >= 0.6 is 22.7 Å². The van der Waals surface area contributed by atoms with Gasteiger partial charge in [0.15, 0.2) is 6.61 Å². The fraction of sp³-hybridized carbons (Fsp3) is 0.318. The number of hydrogen-bond donors (Lipinski definition) is 1. The summed E-state index contributed by atoms with van der Waals surface area (Å²) in [4.78, 5) is 30.7. The molecule has 0 radical (unpaired) electrons. The van der Waals surface area contributed by atoms with Gasteiger partial charge in [-0.15, -0.1) is 29.1 Å². The molecule has 0 unspecified atom stereocenters. The fourth-order valence-corrected chi connectivity index (χ4v) is 5.45. The molecule has 6 nitrogen and oxygen atoms in total. The van der Waals surface area contributed by atoms with Crippen LogP contribution in [0.25, 0.3) is 10.1 Å². The van der Waals surface area contributed by atoms with Gasteiger partial charge >= 0.3 is 6.09 Å². The van der Waals surface area contributed by atoms with Gasteiger partial charge in [-0.25, -0.2) is 9.78 Å². The van der Waals surface area contributed by atoms with Crippen molar-refractivity contribution >= 4 is 44.8 Å². The molecule has 0 atom stereocenters. The topological polar surface area (TPSA) is 71.5 Å². The molecule has 0 saturated carbocycles. The maximum atomic E-state index is 12.6. The van der Waals surface area contributed by atoms with Crippen LogP contribution in [0.1, 0.15) is 39.8 Å². The lowest BCUT2D eigenvalue weighted by Crippen LogP contribution is -2.38. The van der Waals surface area contributed by atoms with Crippen molar-refractivity contribution in [1.82, 2.24) is 15.2 Å². The Hall–Kier alpha value is -2.89. The minimum absolute atomic E-state index is 0.00904. The molecule has 0 spiro atoms. The van der Waals surface area contributed by atoms with Gasteiger partial charge in [0, 0.05) is 35.6 Å². The van der Waals surface area contributed by atoms with Gasteiger partial charge in [0.1, 0.15) is 5.69 Å². The van der Waals surface area contributed by atoms with E-state index in [0.29, 0.717) is 25.3 Å². The molecule has 3 aromatic rings. The van der Waals surface area contributed by atoms with Crippen LogP contribution in [0.2, 0.25) is 0 Å². The Balaban J connectivity index is 1.31. The average molecular weight is 440 g/mol. The van der Waals surface area contributed by atoms with E-state index in [2.05, 4.69) is 33.7 Å². The highest BCUT2D eigenvalue weighted by molar-refractivity contribution is 7.17. The Labute approximate surface area is 182 Å². The molecule has 2 aromatic heterocycles. The Bertz CT molecular complexity index is 1090. The van der Waals surface area contributed by atoms with Gasteiger partial charge in [-0.1, -0.05) is 24.1 Å². The zero-order valence-corrected chi connectivity index (χ0v) is 17.9. The minimum Gasteiger partial charge on any atom is -0.436 e. The number of terminal acetylenes is 1. The highest BCUT2D eigenvalue weighted by Crippen LogP contribution is 2.31. The molecular weight excluding hydrogens is 418 g/mol. The van der Waals surface area contributed by atoms with E-state index in [0.717, 1.165) is 23.4 Å². The van der Waals surface area contributed by atoms with Crippen LogP contribution in [-0.4, -0.2) is 41.6 Å². The molecule has 4 rings (SSSR count). The number of thiazole rings is 1. The Morgan fingerprint density at radius 2 is 2.03 bits per heavy atom. The van der Waals surface area contributed by atoms with Gasteiger partial charge in [-0.2, -0.15) is 0 Å². The van der Waals surface area contributed by atoms with Gasteiger partial charge < -0.3 is 15.0 Å². The number of benzene rings is 1. The monoisotopic (exact) mass is 439 g/mol. The normalized spacial score (nSPS) is 14.4. The average Bonchev–Trinajstić information content (AvgIpc) is 3.43. The highest BCUT2D eigenvalue weighted by Gasteiger charge is 2.27. The summed E-state index contributed by atoms with van der Waals surface area (Å²) >= 11 is 3.18. The van der Waals surface area contributed by atoms with E-state index in [-0.39, 0.29) is 24.5 Å². The molecule has 1 N–H and O–H groups in total. The van der Waals surface area contributed by atoms with Crippen LogP contribution in [-0.2, 0) is 11.3 Å². The SMILES string of the molecule is C#CCOC(=O)N1CCC(c2nc(C(=O)NCc3csc4ccccc34)cs2)CC1. The molecule has 2 amide bonds. The molecule has 30 heavy (non-hydrogen) atoms. The molecule has 154 valence electrons. The predicted molar refractivity (Wildman–Crippen MR) is 119 cm³/mol. The number of amides is 2. The molecule has 1 aliphatic rings. The first-order valence-corrected chi connectivity index (χ1v) is 11.5. The number of hydrogen-bond acceptors (Lipinski definition) is 6. The lowest BCUT2D eigenvalue weighted by molar-refractivity contribution is 0.0946. The lowest BCUT2D eigenvalue weighted by Gasteiger charge is -2.30. The summed E-state index contributed by atoms with van der Waals surface area (Å²) in [7, 11) is 0. The molecule has 0 aliphatic carbocycles. The number of nitrogens with one attached hydrogen (secondary N) is 1. The largest absolute Gasteiger partial charge is 0.436 e. The number of aromatic nitrogens is 1. The maximum Gasteiger partial charge on any atom is 0.410 e. The summed E-state index contributed by atoms with van der Waals surface area (Å²) in [6, 6.07) is 8.18. The van der Waals surface area contributed by atoms with Gasteiger partial charge in [-0.3, -0.25) is 4.79 Å². The van der Waals surface area contributed by atoms with Crippen LogP contribution in [0.3, 0.4) is 0 Å². The zero-order valence-electron chi connectivity index (χ0n) is 16.3. The van der Waals surface area contributed by atoms with Gasteiger partial charge in [0.25, 0.3) is 5.91 Å². The molecule has 8 heteroatoms. The summed E-state index contributed by atoms with van der Waals surface area (Å²) in [5, 5.41) is 8.99. The van der Waals surface area contributed by atoms with E-state index in [1.165, 1.54) is 21.4 Å². The molecule has 1 saturated heterocycles. The van der Waals surface area contributed by atoms with Crippen LogP contribution in [0.5, 0.6) is 0 Å². The van der Waals surface area contributed by atoms with E-state index in [1.807, 2.05) is 17.5 Å². The molecule has 1 aliphatic heterocycles. The van der Waals surface area contributed by atoms with Crippen molar-refractivity contribution in [3.63, 3.8) is 0 Å². The Kier molecular flexibility index (Phi) is 6.31. The second-order valence-corrected chi connectivity index (χ2v) is 8.83. The number of likely N-dealkylation sites (tertiary alicyclic amines) is 1. The summed E-state index contributed by atoms with van der Waals surface area (Å²) in [5.41, 5.74) is 1.56. The van der Waals surface area contributed by atoms with Crippen molar-refractivity contribution in [2.45, 2.75) is 25.3 Å². The van der Waals surface area contributed by atoms with Crippen molar-refractivity contribution in [2.24, 2.45) is 0 Å². The maximum absolute atomic E-state index is 12.6. The first-order chi connectivity index (χ1) is 14.7. The predicted octanol–water partition coefficient (Wildman–Crippen LogP) is 4.24. The summed E-state index contributed by atoms with van der Waals surface area (Å²) in [6.45, 7) is 1.67. The summed E-state index contributed by atoms with van der Waals surface area (Å²) < 4.78 is 6.19. The highest BCUT2D eigenvalue weighted by atomic mass is 32.1. The number of carbonyl (C=O) groups is 2. The van der Waals surface area contributed by atoms with Crippen molar-refractivity contribution in [3.8, 4) is 12.3 Å². The number of nitrogens with zero attached hydrogens (tertiary/aromatic N) is 2. The number of carbonyl (C=O) groups excluding carboxylic acids is 2. The molecule has 3 heterocycles. The second-order valence-electron chi connectivity index (χ2n) is 7.03. The van der Waals surface area contributed by atoms with Gasteiger partial charge in [-0.05, 0) is 35.2 Å². The standard InChI is InChI=1S/C22H21N3O3S2/c1-2-11-28-22(27)25-9-7-15(8-10-25)21-24-18(14-30-21)20(26)23-12-16-13-29-19-6-4-3-5-17(16)19/h1,3-6,13-15H,7-12H2,(H,23,26). The van der Waals surface area contributed by atoms with E-state index >= 15 is 0 Å². The molecule has 1 aromatic carbocycles. The zero-order chi connectivity index (χ0) is 20.9. The van der Waals surface area contributed by atoms with Crippen molar-refractivity contribution < 1.29 is 14.3 Å². The summed E-state index contributed by atoms with van der Waals surface area (Å²) in [6.07, 6.45) is 6.34. The second kappa shape index (κ2) is 9.28. The minimum atomic E-state index is -0.369. The van der Waals surface area contributed by atoms with E-state index in [4.69, 9.17) is 11.2 Å². The molecule has 0 bridgehead atoms. The number of thiophene rings is 1. The first kappa shape index (κ1) is 20.4. The van der Waals surface area contributed by atoms with E-state index < -0.39 is 0 Å². The van der Waals surface area contributed by atoms with Crippen molar-refractivity contribution in [1.29, 1.82) is 0 Å². The van der Waals surface area contributed by atoms with Gasteiger partial charge in [0.05, 0.1) is 5.01 Å². The fourth-order valence-electron chi connectivity index (χ4n) is 3.52. The van der Waals surface area contributed by atoms with Crippen molar-refractivity contribution in [3.05, 3.63) is 51.3 Å². The van der Waals surface area contributed by atoms with E-state index in [9.17, 15) is 9.59 Å². The third-order valence-electron chi connectivity index (χ3n) is 5.14. The number of ether oxygens (including phenoxy) is 1. The van der Waals surface area contributed by atoms with Crippen LogP contribution in [0.4, 0.5) is 4.79 Å².